The first-order valence-electron chi connectivity index (χ1n) is 8.63. The Bertz CT molecular complexity index is 921. The molecule has 2 aliphatic rings. The van der Waals surface area contributed by atoms with Gasteiger partial charge in [0.15, 0.2) is 5.17 Å². The topological polar surface area (TPSA) is 35.9 Å². The number of para-hydroxylation sites is 1. The van der Waals surface area contributed by atoms with Gasteiger partial charge in [-0.2, -0.15) is 4.99 Å². The average Bonchev–Trinajstić information content (AvgIpc) is 3.05. The van der Waals surface area contributed by atoms with E-state index in [1.54, 1.807) is 24.3 Å². The van der Waals surface area contributed by atoms with E-state index in [2.05, 4.69) is 9.89 Å². The maximum atomic E-state index is 14.0. The summed E-state index contributed by atoms with van der Waals surface area (Å²) in [6, 6.07) is 14.1. The number of amidine groups is 1. The van der Waals surface area contributed by atoms with Gasteiger partial charge in [-0.3, -0.25) is 4.79 Å². The standard InChI is InChI=1S/C20H17ClFN3OS/c21-15-7-5-14(6-8-15)13-18-19(26)23-20(27-18)25-11-9-24(10-12-25)17-4-2-1-3-16(17)22/h1-8,13H,9-12H2/b18-13-. The Hall–Kier alpha value is -2.31. The van der Waals surface area contributed by atoms with Crippen LogP contribution in [0, 0.1) is 5.82 Å². The van der Waals surface area contributed by atoms with E-state index in [1.165, 1.54) is 17.8 Å². The van der Waals surface area contributed by atoms with Crippen molar-refractivity contribution in [2.24, 2.45) is 4.99 Å². The Balaban J connectivity index is 1.41. The highest BCUT2D eigenvalue weighted by molar-refractivity contribution is 8.18. The zero-order chi connectivity index (χ0) is 18.8. The number of hydrogen-bond donors (Lipinski definition) is 0. The van der Waals surface area contributed by atoms with Crippen LogP contribution in [0.25, 0.3) is 6.08 Å². The molecule has 138 valence electrons. The summed E-state index contributed by atoms with van der Waals surface area (Å²) in [7, 11) is 0. The predicted octanol–water partition coefficient (Wildman–Crippen LogP) is 4.27. The van der Waals surface area contributed by atoms with Gasteiger partial charge in [0.2, 0.25) is 0 Å². The van der Waals surface area contributed by atoms with Gasteiger partial charge in [-0.15, -0.1) is 0 Å². The second-order valence-electron chi connectivity index (χ2n) is 6.29. The largest absolute Gasteiger partial charge is 0.366 e. The number of hydrogen-bond acceptors (Lipinski definition) is 4. The molecule has 1 fully saturated rings. The fourth-order valence-electron chi connectivity index (χ4n) is 3.09. The van der Waals surface area contributed by atoms with Gasteiger partial charge in [-0.05, 0) is 47.7 Å². The molecule has 0 saturated carbocycles. The third kappa shape index (κ3) is 4.01. The molecule has 0 atom stereocenters. The van der Waals surface area contributed by atoms with Crippen LogP contribution in [0.15, 0.2) is 58.4 Å². The zero-order valence-electron chi connectivity index (χ0n) is 14.4. The van der Waals surface area contributed by atoms with E-state index in [1.807, 2.05) is 29.2 Å². The molecule has 0 aliphatic carbocycles. The molecule has 27 heavy (non-hydrogen) atoms. The molecule has 0 spiro atoms. The second-order valence-corrected chi connectivity index (χ2v) is 7.73. The molecule has 0 aromatic heterocycles. The van der Waals surface area contributed by atoms with Gasteiger partial charge >= 0.3 is 0 Å². The first-order valence-corrected chi connectivity index (χ1v) is 9.82. The van der Waals surface area contributed by atoms with Crippen molar-refractivity contribution in [3.05, 3.63) is 69.8 Å². The van der Waals surface area contributed by atoms with Crippen LogP contribution in [0.4, 0.5) is 10.1 Å². The number of thioether (sulfide) groups is 1. The van der Waals surface area contributed by atoms with Crippen LogP contribution in [-0.4, -0.2) is 42.2 Å². The number of rotatable bonds is 2. The summed E-state index contributed by atoms with van der Waals surface area (Å²) < 4.78 is 14.0. The van der Waals surface area contributed by atoms with E-state index in [-0.39, 0.29) is 11.7 Å². The zero-order valence-corrected chi connectivity index (χ0v) is 16.0. The van der Waals surface area contributed by atoms with Crippen LogP contribution < -0.4 is 4.90 Å². The quantitative estimate of drug-likeness (QED) is 0.704. The molecule has 0 radical (unpaired) electrons. The number of nitrogens with zero attached hydrogens (tertiary/aromatic N) is 3. The first kappa shape index (κ1) is 18.1. The molecule has 0 N–H and O–H groups in total. The molecule has 4 nitrogen and oxygen atoms in total. The molecule has 2 aromatic carbocycles. The van der Waals surface area contributed by atoms with E-state index < -0.39 is 0 Å². The van der Waals surface area contributed by atoms with Crippen LogP contribution in [0.2, 0.25) is 5.02 Å². The molecule has 4 rings (SSSR count). The van der Waals surface area contributed by atoms with Crippen LogP contribution in [-0.2, 0) is 4.79 Å². The Morgan fingerprint density at radius 2 is 1.67 bits per heavy atom. The Morgan fingerprint density at radius 1 is 1.00 bits per heavy atom. The fraction of sp³-hybridized carbons (Fsp3) is 0.200. The highest BCUT2D eigenvalue weighted by Gasteiger charge is 2.28. The SMILES string of the molecule is O=C1N=C(N2CCN(c3ccccc3F)CC2)S/C1=C\c1ccc(Cl)cc1. The van der Waals surface area contributed by atoms with Gasteiger partial charge in [-0.1, -0.05) is 35.9 Å². The van der Waals surface area contributed by atoms with E-state index in [4.69, 9.17) is 11.6 Å². The first-order chi connectivity index (χ1) is 13.1. The van der Waals surface area contributed by atoms with Gasteiger partial charge < -0.3 is 9.80 Å². The average molecular weight is 402 g/mol. The van der Waals surface area contributed by atoms with Crippen molar-refractivity contribution in [2.45, 2.75) is 0 Å². The summed E-state index contributed by atoms with van der Waals surface area (Å²) in [5.41, 5.74) is 1.54. The molecule has 0 unspecified atom stereocenters. The normalized spacial score (nSPS) is 19.0. The summed E-state index contributed by atoms with van der Waals surface area (Å²) >= 11 is 7.28. The summed E-state index contributed by atoms with van der Waals surface area (Å²) in [5, 5.41) is 1.38. The smallest absolute Gasteiger partial charge is 0.286 e. The van der Waals surface area contributed by atoms with Crippen LogP contribution >= 0.6 is 23.4 Å². The lowest BCUT2D eigenvalue weighted by molar-refractivity contribution is -0.113. The molecule has 2 aromatic rings. The maximum Gasteiger partial charge on any atom is 0.286 e. The fourth-order valence-corrected chi connectivity index (χ4v) is 4.18. The third-order valence-corrected chi connectivity index (χ3v) is 5.82. The Morgan fingerprint density at radius 3 is 2.37 bits per heavy atom. The lowest BCUT2D eigenvalue weighted by Crippen LogP contribution is -2.48. The van der Waals surface area contributed by atoms with Crippen molar-refractivity contribution in [3.63, 3.8) is 0 Å². The van der Waals surface area contributed by atoms with Gasteiger partial charge in [0, 0.05) is 31.2 Å². The van der Waals surface area contributed by atoms with Crippen molar-refractivity contribution < 1.29 is 9.18 Å². The summed E-state index contributed by atoms with van der Waals surface area (Å²) in [5.74, 6) is -0.427. The molecular formula is C20H17ClFN3OS. The minimum atomic E-state index is -0.221. The van der Waals surface area contributed by atoms with Crippen LogP contribution in [0.3, 0.4) is 0 Å². The number of piperazine rings is 1. The molecule has 7 heteroatoms. The summed E-state index contributed by atoms with van der Waals surface area (Å²) in [4.78, 5) is 21.2. The van der Waals surface area contributed by atoms with Gasteiger partial charge in [-0.25, -0.2) is 4.39 Å². The number of anilines is 1. The van der Waals surface area contributed by atoms with Crippen molar-refractivity contribution >= 4 is 46.2 Å². The molecule has 1 amide bonds. The molecule has 0 bridgehead atoms. The maximum absolute atomic E-state index is 14.0. The number of carbonyl (C=O) groups is 1. The van der Waals surface area contributed by atoms with Crippen molar-refractivity contribution in [3.8, 4) is 0 Å². The van der Waals surface area contributed by atoms with E-state index in [0.717, 1.165) is 5.56 Å². The monoisotopic (exact) mass is 401 g/mol. The second kappa shape index (κ2) is 7.74. The minimum absolute atomic E-state index is 0.207. The van der Waals surface area contributed by atoms with Gasteiger partial charge in [0.05, 0.1) is 10.6 Å². The molecule has 2 heterocycles. The predicted molar refractivity (Wildman–Crippen MR) is 110 cm³/mol. The number of benzene rings is 2. The van der Waals surface area contributed by atoms with E-state index in [9.17, 15) is 9.18 Å². The summed E-state index contributed by atoms with van der Waals surface area (Å²) in [6.07, 6.45) is 1.83. The lowest BCUT2D eigenvalue weighted by Gasteiger charge is -2.36. The van der Waals surface area contributed by atoms with Crippen molar-refractivity contribution in [1.29, 1.82) is 0 Å². The number of amides is 1. The number of aliphatic imine (C=N–C) groups is 1. The number of halogens is 2. The number of carbonyl (C=O) groups excluding carboxylic acids is 1. The van der Waals surface area contributed by atoms with Crippen LogP contribution in [0.1, 0.15) is 5.56 Å². The van der Waals surface area contributed by atoms with E-state index in [0.29, 0.717) is 47.0 Å². The Labute approximate surface area is 166 Å². The van der Waals surface area contributed by atoms with Gasteiger partial charge in [0.25, 0.3) is 5.91 Å². The van der Waals surface area contributed by atoms with Crippen LogP contribution in [0.5, 0.6) is 0 Å². The molecular weight excluding hydrogens is 385 g/mol. The Kier molecular flexibility index (Phi) is 5.18. The third-order valence-electron chi connectivity index (χ3n) is 4.52. The van der Waals surface area contributed by atoms with Crippen molar-refractivity contribution in [2.75, 3.05) is 31.1 Å². The minimum Gasteiger partial charge on any atom is -0.366 e. The van der Waals surface area contributed by atoms with E-state index >= 15 is 0 Å². The molecule has 1 saturated heterocycles. The highest BCUT2D eigenvalue weighted by Crippen LogP contribution is 2.31. The highest BCUT2D eigenvalue weighted by atomic mass is 35.5. The van der Waals surface area contributed by atoms with Gasteiger partial charge in [0.1, 0.15) is 5.82 Å². The summed E-state index contributed by atoms with van der Waals surface area (Å²) in [6.45, 7) is 2.76. The molecule has 2 aliphatic heterocycles. The van der Waals surface area contributed by atoms with Crippen molar-refractivity contribution in [1.82, 2.24) is 4.90 Å². The lowest BCUT2D eigenvalue weighted by atomic mass is 10.2.